The third-order valence-corrected chi connectivity index (χ3v) is 3.93. The summed E-state index contributed by atoms with van der Waals surface area (Å²) in [5.74, 6) is 0.879. The molecule has 16 heavy (non-hydrogen) atoms. The van der Waals surface area contributed by atoms with Crippen LogP contribution in [0, 0.1) is 5.92 Å². The van der Waals surface area contributed by atoms with Crippen molar-refractivity contribution in [2.45, 2.75) is 57.5 Å². The van der Waals surface area contributed by atoms with E-state index in [1.54, 1.807) is 0 Å². The lowest BCUT2D eigenvalue weighted by atomic mass is 9.94. The molecular weight excluding hydrogens is 196 g/mol. The van der Waals surface area contributed by atoms with Crippen molar-refractivity contribution in [2.75, 3.05) is 13.1 Å². The standard InChI is InChI=1S/C14H26N2/c1-12(10-14-8-5-9-15-14)16-11-13-6-3-2-4-7-13/h2-3,12-16H,4-11H2,1H3. The summed E-state index contributed by atoms with van der Waals surface area (Å²) in [6.45, 7) is 4.77. The van der Waals surface area contributed by atoms with E-state index in [1.807, 2.05) is 0 Å². The van der Waals surface area contributed by atoms with E-state index in [9.17, 15) is 0 Å². The highest BCUT2D eigenvalue weighted by molar-refractivity contribution is 4.91. The second-order valence-corrected chi connectivity index (χ2v) is 5.49. The van der Waals surface area contributed by atoms with Crippen molar-refractivity contribution < 1.29 is 0 Å². The van der Waals surface area contributed by atoms with Gasteiger partial charge in [-0.25, -0.2) is 0 Å². The highest BCUT2D eigenvalue weighted by Gasteiger charge is 2.17. The molecule has 2 nitrogen and oxygen atoms in total. The van der Waals surface area contributed by atoms with Crippen LogP contribution in [0.1, 0.15) is 45.4 Å². The van der Waals surface area contributed by atoms with Crippen LogP contribution in [0.4, 0.5) is 0 Å². The minimum Gasteiger partial charge on any atom is -0.314 e. The Labute approximate surface area is 99.9 Å². The first-order valence-corrected chi connectivity index (χ1v) is 6.96. The van der Waals surface area contributed by atoms with Gasteiger partial charge in [0.15, 0.2) is 0 Å². The molecule has 0 saturated carbocycles. The Kier molecular flexibility index (Phi) is 4.86. The smallest absolute Gasteiger partial charge is 0.00822 e. The molecule has 1 aliphatic carbocycles. The van der Waals surface area contributed by atoms with Crippen LogP contribution in [-0.2, 0) is 0 Å². The van der Waals surface area contributed by atoms with Crippen molar-refractivity contribution in [1.82, 2.24) is 10.6 Å². The summed E-state index contributed by atoms with van der Waals surface area (Å²) < 4.78 is 0. The van der Waals surface area contributed by atoms with Crippen LogP contribution < -0.4 is 10.6 Å². The Bertz CT molecular complexity index is 219. The average molecular weight is 222 g/mol. The lowest BCUT2D eigenvalue weighted by molar-refractivity contribution is 0.380. The second-order valence-electron chi connectivity index (χ2n) is 5.49. The molecule has 0 bridgehead atoms. The van der Waals surface area contributed by atoms with E-state index >= 15 is 0 Å². The van der Waals surface area contributed by atoms with Gasteiger partial charge >= 0.3 is 0 Å². The summed E-state index contributed by atoms with van der Waals surface area (Å²) >= 11 is 0. The molecule has 1 fully saturated rings. The summed E-state index contributed by atoms with van der Waals surface area (Å²) in [7, 11) is 0. The number of allylic oxidation sites excluding steroid dienone is 2. The lowest BCUT2D eigenvalue weighted by Crippen LogP contribution is -2.36. The van der Waals surface area contributed by atoms with Crippen LogP contribution in [0.5, 0.6) is 0 Å². The van der Waals surface area contributed by atoms with Crippen molar-refractivity contribution in [1.29, 1.82) is 0 Å². The van der Waals surface area contributed by atoms with E-state index in [1.165, 1.54) is 51.6 Å². The fourth-order valence-electron chi connectivity index (χ4n) is 2.88. The zero-order chi connectivity index (χ0) is 11.2. The van der Waals surface area contributed by atoms with Gasteiger partial charge < -0.3 is 10.6 Å². The summed E-state index contributed by atoms with van der Waals surface area (Å²) in [5, 5.41) is 7.28. The first-order valence-electron chi connectivity index (χ1n) is 6.96. The highest BCUT2D eigenvalue weighted by atomic mass is 15.0. The lowest BCUT2D eigenvalue weighted by Gasteiger charge is -2.23. The van der Waals surface area contributed by atoms with E-state index in [4.69, 9.17) is 0 Å². The first kappa shape index (κ1) is 12.1. The van der Waals surface area contributed by atoms with Crippen molar-refractivity contribution in [3.05, 3.63) is 12.2 Å². The molecule has 1 saturated heterocycles. The molecule has 0 aromatic carbocycles. The summed E-state index contributed by atoms with van der Waals surface area (Å²) in [6.07, 6.45) is 12.6. The van der Waals surface area contributed by atoms with Crippen LogP contribution in [0.3, 0.4) is 0 Å². The van der Waals surface area contributed by atoms with Crippen molar-refractivity contribution >= 4 is 0 Å². The Morgan fingerprint density at radius 3 is 3.00 bits per heavy atom. The zero-order valence-corrected chi connectivity index (χ0v) is 10.5. The Balaban J connectivity index is 1.59. The Morgan fingerprint density at radius 1 is 1.38 bits per heavy atom. The molecule has 1 aliphatic heterocycles. The minimum absolute atomic E-state index is 0.668. The molecule has 92 valence electrons. The van der Waals surface area contributed by atoms with E-state index in [2.05, 4.69) is 29.7 Å². The minimum atomic E-state index is 0.668. The molecule has 1 heterocycles. The molecule has 2 rings (SSSR count). The maximum Gasteiger partial charge on any atom is 0.00822 e. The van der Waals surface area contributed by atoms with Crippen LogP contribution in [0.25, 0.3) is 0 Å². The van der Waals surface area contributed by atoms with E-state index in [0.717, 1.165) is 12.0 Å². The number of hydrogen-bond donors (Lipinski definition) is 2. The van der Waals surface area contributed by atoms with Crippen LogP contribution >= 0.6 is 0 Å². The number of hydrogen-bond acceptors (Lipinski definition) is 2. The monoisotopic (exact) mass is 222 g/mol. The third-order valence-electron chi connectivity index (χ3n) is 3.93. The largest absolute Gasteiger partial charge is 0.314 e. The molecule has 0 amide bonds. The normalized spacial score (nSPS) is 31.8. The number of nitrogens with one attached hydrogen (secondary N) is 2. The molecule has 0 spiro atoms. The van der Waals surface area contributed by atoms with Crippen molar-refractivity contribution in [2.24, 2.45) is 5.92 Å². The topological polar surface area (TPSA) is 24.1 Å². The molecule has 2 N–H and O–H groups in total. The molecular formula is C14H26N2. The molecule has 2 heteroatoms. The van der Waals surface area contributed by atoms with Gasteiger partial charge in [0.25, 0.3) is 0 Å². The van der Waals surface area contributed by atoms with Gasteiger partial charge in [0.2, 0.25) is 0 Å². The predicted molar refractivity (Wildman–Crippen MR) is 69.6 cm³/mol. The molecule has 3 atom stereocenters. The van der Waals surface area contributed by atoms with Gasteiger partial charge in [-0.1, -0.05) is 12.2 Å². The van der Waals surface area contributed by atoms with Crippen molar-refractivity contribution in [3.63, 3.8) is 0 Å². The third kappa shape index (κ3) is 3.91. The van der Waals surface area contributed by atoms with Gasteiger partial charge in [0.1, 0.15) is 0 Å². The molecule has 0 radical (unpaired) electrons. The van der Waals surface area contributed by atoms with Gasteiger partial charge in [-0.3, -0.25) is 0 Å². The quantitative estimate of drug-likeness (QED) is 0.698. The van der Waals surface area contributed by atoms with Crippen molar-refractivity contribution in [3.8, 4) is 0 Å². The summed E-state index contributed by atoms with van der Waals surface area (Å²) in [6, 6.07) is 1.44. The average Bonchev–Trinajstić information content (AvgIpc) is 2.81. The Morgan fingerprint density at radius 2 is 2.31 bits per heavy atom. The SMILES string of the molecule is CC(CC1CCCN1)NCC1CC=CCC1. The van der Waals surface area contributed by atoms with E-state index in [-0.39, 0.29) is 0 Å². The zero-order valence-electron chi connectivity index (χ0n) is 10.5. The predicted octanol–water partition coefficient (Wildman–Crippen LogP) is 2.46. The second kappa shape index (κ2) is 6.41. The maximum absolute atomic E-state index is 3.71. The van der Waals surface area contributed by atoms with Gasteiger partial charge in [0.05, 0.1) is 0 Å². The fraction of sp³-hybridized carbons (Fsp3) is 0.857. The van der Waals surface area contributed by atoms with Gasteiger partial charge in [-0.05, 0) is 64.5 Å². The van der Waals surface area contributed by atoms with E-state index in [0.29, 0.717) is 6.04 Å². The fourth-order valence-corrected chi connectivity index (χ4v) is 2.88. The van der Waals surface area contributed by atoms with Gasteiger partial charge in [-0.2, -0.15) is 0 Å². The van der Waals surface area contributed by atoms with Gasteiger partial charge in [0, 0.05) is 12.1 Å². The summed E-state index contributed by atoms with van der Waals surface area (Å²) in [4.78, 5) is 0. The van der Waals surface area contributed by atoms with Crippen LogP contribution in [0.15, 0.2) is 12.2 Å². The van der Waals surface area contributed by atoms with Gasteiger partial charge in [-0.15, -0.1) is 0 Å². The molecule has 0 aromatic rings. The van der Waals surface area contributed by atoms with E-state index < -0.39 is 0 Å². The number of rotatable bonds is 5. The summed E-state index contributed by atoms with van der Waals surface area (Å²) in [5.41, 5.74) is 0. The first-order chi connectivity index (χ1) is 7.84. The highest BCUT2D eigenvalue weighted by Crippen LogP contribution is 2.17. The maximum atomic E-state index is 3.71. The molecule has 2 aliphatic rings. The molecule has 0 aromatic heterocycles. The van der Waals surface area contributed by atoms with Crippen LogP contribution in [-0.4, -0.2) is 25.2 Å². The Hall–Kier alpha value is -0.340. The molecule has 3 unspecified atom stereocenters. The van der Waals surface area contributed by atoms with Crippen LogP contribution in [0.2, 0.25) is 0 Å².